The molecule has 0 aliphatic carbocycles. The van der Waals surface area contributed by atoms with Crippen LogP contribution in [0, 0.1) is 13.8 Å². The zero-order valence-corrected chi connectivity index (χ0v) is 17.1. The lowest BCUT2D eigenvalue weighted by molar-refractivity contribution is -0.151. The van der Waals surface area contributed by atoms with E-state index in [1.54, 1.807) is 31.2 Å². The van der Waals surface area contributed by atoms with Crippen molar-refractivity contribution in [3.8, 4) is 5.75 Å². The first kappa shape index (κ1) is 21.5. The minimum Gasteiger partial charge on any atom is -0.479 e. The van der Waals surface area contributed by atoms with Gasteiger partial charge < -0.3 is 14.8 Å². The molecule has 0 saturated heterocycles. The van der Waals surface area contributed by atoms with Crippen LogP contribution in [0.1, 0.15) is 54.6 Å². The van der Waals surface area contributed by atoms with Gasteiger partial charge in [-0.1, -0.05) is 37.5 Å². The second kappa shape index (κ2) is 10.5. The molecule has 0 spiro atoms. The van der Waals surface area contributed by atoms with Gasteiger partial charge in [-0.15, -0.1) is 0 Å². The second-order valence-corrected chi connectivity index (χ2v) is 6.93. The summed E-state index contributed by atoms with van der Waals surface area (Å²) in [5.74, 6) is -0.0595. The van der Waals surface area contributed by atoms with Crippen LogP contribution in [0.5, 0.6) is 5.75 Å². The van der Waals surface area contributed by atoms with E-state index >= 15 is 0 Å². The van der Waals surface area contributed by atoms with Crippen LogP contribution in [0.25, 0.3) is 0 Å². The molecular formula is C23H29NO4. The molecule has 0 aromatic heterocycles. The molecule has 0 aliphatic heterocycles. The first-order chi connectivity index (χ1) is 13.4. The number of carbonyl (C=O) groups is 2. The van der Waals surface area contributed by atoms with E-state index in [-0.39, 0.29) is 11.9 Å². The fourth-order valence-electron chi connectivity index (χ4n) is 2.73. The van der Waals surface area contributed by atoms with E-state index < -0.39 is 6.10 Å². The summed E-state index contributed by atoms with van der Waals surface area (Å²) in [5, 5.41) is 2.91. The largest absolute Gasteiger partial charge is 0.479 e. The number of aryl methyl sites for hydroxylation is 2. The summed E-state index contributed by atoms with van der Waals surface area (Å²) in [6, 6.07) is 12.6. The highest BCUT2D eigenvalue weighted by atomic mass is 16.6. The molecule has 28 heavy (non-hydrogen) atoms. The minimum atomic E-state index is -0.698. The van der Waals surface area contributed by atoms with Crippen molar-refractivity contribution in [2.75, 3.05) is 11.9 Å². The summed E-state index contributed by atoms with van der Waals surface area (Å²) in [7, 11) is 0. The zero-order chi connectivity index (χ0) is 20.5. The summed E-state index contributed by atoms with van der Waals surface area (Å²) < 4.78 is 10.8. The Morgan fingerprint density at radius 1 is 1.04 bits per heavy atom. The normalized spacial score (nSPS) is 11.6. The highest BCUT2D eigenvalue weighted by Crippen LogP contribution is 2.19. The summed E-state index contributed by atoms with van der Waals surface area (Å²) in [6.45, 7) is 8.14. The van der Waals surface area contributed by atoms with Crippen molar-refractivity contribution < 1.29 is 19.1 Å². The number of amides is 1. The maximum atomic E-state index is 12.4. The molecule has 2 aromatic carbocycles. The summed E-state index contributed by atoms with van der Waals surface area (Å²) in [5.41, 5.74) is 3.46. The third kappa shape index (κ3) is 6.41. The van der Waals surface area contributed by atoms with Crippen LogP contribution in [0.15, 0.2) is 42.5 Å². The van der Waals surface area contributed by atoms with Crippen LogP contribution in [-0.4, -0.2) is 24.6 Å². The fraction of sp³-hybridized carbons (Fsp3) is 0.391. The number of ether oxygens (including phenoxy) is 2. The van der Waals surface area contributed by atoms with Crippen molar-refractivity contribution in [3.05, 3.63) is 59.2 Å². The van der Waals surface area contributed by atoms with Gasteiger partial charge in [-0.3, -0.25) is 4.79 Å². The van der Waals surface area contributed by atoms with Crippen molar-refractivity contribution in [2.45, 2.75) is 53.1 Å². The molecule has 0 saturated carbocycles. The number of anilines is 1. The number of nitrogens with one attached hydrogen (secondary N) is 1. The Balaban J connectivity index is 1.89. The molecule has 0 heterocycles. The Bertz CT molecular complexity index is 799. The van der Waals surface area contributed by atoms with Gasteiger partial charge in [0.2, 0.25) is 0 Å². The van der Waals surface area contributed by atoms with Gasteiger partial charge in [0.05, 0.1) is 6.61 Å². The number of unbranched alkanes of at least 4 members (excludes halogenated alkanes) is 2. The molecule has 2 rings (SSSR count). The third-order valence-electron chi connectivity index (χ3n) is 4.38. The van der Waals surface area contributed by atoms with E-state index in [9.17, 15) is 9.59 Å². The zero-order valence-electron chi connectivity index (χ0n) is 17.1. The average molecular weight is 383 g/mol. The number of carbonyl (C=O) groups excluding carboxylic acids is 2. The Labute approximate surface area is 167 Å². The molecule has 2 aromatic rings. The summed E-state index contributed by atoms with van der Waals surface area (Å²) in [4.78, 5) is 24.4. The minimum absolute atomic E-state index is 0.193. The Kier molecular flexibility index (Phi) is 8.05. The Morgan fingerprint density at radius 2 is 1.75 bits per heavy atom. The first-order valence-corrected chi connectivity index (χ1v) is 9.72. The van der Waals surface area contributed by atoms with Crippen molar-refractivity contribution in [2.24, 2.45) is 0 Å². The first-order valence-electron chi connectivity index (χ1n) is 9.72. The topological polar surface area (TPSA) is 64.6 Å². The van der Waals surface area contributed by atoms with Crippen LogP contribution >= 0.6 is 0 Å². The number of hydrogen-bond acceptors (Lipinski definition) is 4. The maximum Gasteiger partial charge on any atom is 0.347 e. The predicted octanol–water partition coefficient (Wildman–Crippen LogP) is 5.06. The van der Waals surface area contributed by atoms with Crippen LogP contribution in [0.2, 0.25) is 0 Å². The van der Waals surface area contributed by atoms with Gasteiger partial charge >= 0.3 is 5.97 Å². The SMILES string of the molecule is CCCCCOC(=O)C(C)Oc1ccc(C(=O)Nc2ccc(C)cc2C)cc1. The highest BCUT2D eigenvalue weighted by molar-refractivity contribution is 6.04. The van der Waals surface area contributed by atoms with Gasteiger partial charge in [0.25, 0.3) is 5.91 Å². The van der Waals surface area contributed by atoms with Crippen LogP contribution in [0.4, 0.5) is 5.69 Å². The van der Waals surface area contributed by atoms with Crippen molar-refractivity contribution in [3.63, 3.8) is 0 Å². The van der Waals surface area contributed by atoms with Gasteiger partial charge in [0.1, 0.15) is 5.75 Å². The third-order valence-corrected chi connectivity index (χ3v) is 4.38. The van der Waals surface area contributed by atoms with Gasteiger partial charge in [0.15, 0.2) is 6.10 Å². The lowest BCUT2D eigenvalue weighted by Crippen LogP contribution is -2.26. The van der Waals surface area contributed by atoms with Gasteiger partial charge in [-0.2, -0.15) is 0 Å². The van der Waals surface area contributed by atoms with Crippen molar-refractivity contribution >= 4 is 17.6 Å². The molecule has 1 amide bonds. The highest BCUT2D eigenvalue weighted by Gasteiger charge is 2.16. The Hall–Kier alpha value is -2.82. The Morgan fingerprint density at radius 3 is 2.39 bits per heavy atom. The van der Waals surface area contributed by atoms with Gasteiger partial charge in [-0.05, 0) is 63.1 Å². The molecule has 1 atom stereocenters. The fourth-order valence-corrected chi connectivity index (χ4v) is 2.73. The van der Waals surface area contributed by atoms with Crippen LogP contribution in [-0.2, 0) is 9.53 Å². The van der Waals surface area contributed by atoms with E-state index in [2.05, 4.69) is 12.2 Å². The quantitative estimate of drug-likeness (QED) is 0.486. The maximum absolute atomic E-state index is 12.4. The van der Waals surface area contributed by atoms with Crippen molar-refractivity contribution in [1.82, 2.24) is 0 Å². The summed E-state index contributed by atoms with van der Waals surface area (Å²) >= 11 is 0. The van der Waals surface area contributed by atoms with E-state index in [4.69, 9.17) is 9.47 Å². The number of benzene rings is 2. The molecule has 5 nitrogen and oxygen atoms in total. The lowest BCUT2D eigenvalue weighted by atomic mass is 10.1. The molecule has 5 heteroatoms. The predicted molar refractivity (Wildman–Crippen MR) is 111 cm³/mol. The number of esters is 1. The molecule has 1 N–H and O–H groups in total. The van der Waals surface area contributed by atoms with Crippen LogP contribution < -0.4 is 10.1 Å². The molecule has 1 unspecified atom stereocenters. The summed E-state index contributed by atoms with van der Waals surface area (Å²) in [6.07, 6.45) is 2.27. The van der Waals surface area contributed by atoms with Gasteiger partial charge in [-0.25, -0.2) is 4.79 Å². The van der Waals surface area contributed by atoms with E-state index in [1.165, 1.54) is 0 Å². The van der Waals surface area contributed by atoms with Crippen molar-refractivity contribution in [1.29, 1.82) is 0 Å². The lowest BCUT2D eigenvalue weighted by Gasteiger charge is -2.14. The molecular weight excluding hydrogens is 354 g/mol. The van der Waals surface area contributed by atoms with E-state index in [1.807, 2.05) is 32.0 Å². The molecule has 0 bridgehead atoms. The standard InChI is InChI=1S/C23H29NO4/c1-5-6-7-14-27-23(26)18(4)28-20-11-9-19(10-12-20)22(25)24-21-13-8-16(2)15-17(21)3/h8-13,15,18H,5-7,14H2,1-4H3,(H,24,25). The van der Waals surface area contributed by atoms with Crippen LogP contribution in [0.3, 0.4) is 0 Å². The molecule has 150 valence electrons. The molecule has 0 fully saturated rings. The number of rotatable bonds is 9. The second-order valence-electron chi connectivity index (χ2n) is 6.93. The number of hydrogen-bond donors (Lipinski definition) is 1. The van der Waals surface area contributed by atoms with Gasteiger partial charge in [0, 0.05) is 11.3 Å². The molecule has 0 aliphatic rings. The monoisotopic (exact) mass is 383 g/mol. The van der Waals surface area contributed by atoms with E-state index in [0.29, 0.717) is 17.9 Å². The smallest absolute Gasteiger partial charge is 0.347 e. The average Bonchev–Trinajstić information content (AvgIpc) is 2.67. The molecule has 0 radical (unpaired) electrons. The van der Waals surface area contributed by atoms with E-state index in [0.717, 1.165) is 36.1 Å².